The van der Waals surface area contributed by atoms with Gasteiger partial charge in [-0.2, -0.15) is 5.10 Å². The molecule has 0 fully saturated rings. The molecule has 1 N–H and O–H groups in total. The topological polar surface area (TPSA) is 59.9 Å². The number of carbonyl (C=O) groups is 1. The van der Waals surface area contributed by atoms with E-state index >= 15 is 0 Å². The van der Waals surface area contributed by atoms with E-state index in [0.717, 1.165) is 11.1 Å². The van der Waals surface area contributed by atoms with Gasteiger partial charge in [0.05, 0.1) is 16.3 Å². The van der Waals surface area contributed by atoms with Gasteiger partial charge in [0.15, 0.2) is 6.61 Å². The molecule has 0 spiro atoms. The van der Waals surface area contributed by atoms with E-state index in [-0.39, 0.29) is 12.5 Å². The van der Waals surface area contributed by atoms with Crippen LogP contribution in [0, 0.1) is 0 Å². The molecular weight excluding hydrogens is 411 g/mol. The molecule has 0 heterocycles. The number of amides is 1. The minimum absolute atomic E-state index is 0.128. The molecule has 1 amide bonds. The molecule has 0 saturated heterocycles. The first kappa shape index (κ1) is 20.7. The summed E-state index contributed by atoms with van der Waals surface area (Å²) >= 11 is 12.0. The molecule has 0 aliphatic rings. The third-order valence-corrected chi connectivity index (χ3v) is 4.54. The van der Waals surface area contributed by atoms with Crippen LogP contribution in [0.15, 0.2) is 77.9 Å². The third-order valence-electron chi connectivity index (χ3n) is 3.80. The van der Waals surface area contributed by atoms with Crippen LogP contribution in [0.25, 0.3) is 0 Å². The van der Waals surface area contributed by atoms with E-state index < -0.39 is 0 Å². The lowest BCUT2D eigenvalue weighted by atomic mass is 10.2. The largest absolute Gasteiger partial charge is 0.488 e. The number of rotatable bonds is 8. The Kier molecular flexibility index (Phi) is 7.50. The second kappa shape index (κ2) is 10.5. The van der Waals surface area contributed by atoms with E-state index in [9.17, 15) is 4.79 Å². The van der Waals surface area contributed by atoms with Crippen molar-refractivity contribution < 1.29 is 14.3 Å². The van der Waals surface area contributed by atoms with Gasteiger partial charge in [-0.15, -0.1) is 0 Å². The first-order chi connectivity index (χ1) is 14.1. The fraction of sp³-hybridized carbons (Fsp3) is 0.0909. The number of para-hydroxylation sites is 2. The second-order valence-electron chi connectivity index (χ2n) is 5.97. The van der Waals surface area contributed by atoms with Gasteiger partial charge in [-0.3, -0.25) is 4.79 Å². The average Bonchev–Trinajstić information content (AvgIpc) is 2.74. The molecule has 0 unspecified atom stereocenters. The van der Waals surface area contributed by atoms with Gasteiger partial charge in [0.1, 0.15) is 18.1 Å². The monoisotopic (exact) mass is 428 g/mol. The van der Waals surface area contributed by atoms with Crippen LogP contribution in [0.5, 0.6) is 11.5 Å². The summed E-state index contributed by atoms with van der Waals surface area (Å²) in [7, 11) is 0. The molecule has 3 rings (SSSR count). The minimum atomic E-state index is -0.362. The maximum absolute atomic E-state index is 11.9. The smallest absolute Gasteiger partial charge is 0.277 e. The Bertz CT molecular complexity index is 994. The van der Waals surface area contributed by atoms with E-state index in [4.69, 9.17) is 32.7 Å². The number of hydrogen-bond donors (Lipinski definition) is 1. The molecule has 0 saturated carbocycles. The Balaban J connectivity index is 1.54. The molecule has 29 heavy (non-hydrogen) atoms. The zero-order valence-corrected chi connectivity index (χ0v) is 16.9. The fourth-order valence-electron chi connectivity index (χ4n) is 2.38. The number of ether oxygens (including phenoxy) is 2. The van der Waals surface area contributed by atoms with Gasteiger partial charge in [0, 0.05) is 5.56 Å². The van der Waals surface area contributed by atoms with Crippen LogP contribution >= 0.6 is 23.2 Å². The average molecular weight is 429 g/mol. The summed E-state index contributed by atoms with van der Waals surface area (Å²) < 4.78 is 11.2. The number of benzene rings is 3. The van der Waals surface area contributed by atoms with Crippen molar-refractivity contribution in [1.29, 1.82) is 0 Å². The lowest BCUT2D eigenvalue weighted by Gasteiger charge is -2.09. The molecule has 3 aromatic rings. The van der Waals surface area contributed by atoms with Gasteiger partial charge in [0.2, 0.25) is 0 Å². The van der Waals surface area contributed by atoms with Crippen molar-refractivity contribution in [1.82, 2.24) is 5.43 Å². The minimum Gasteiger partial charge on any atom is -0.488 e. The summed E-state index contributed by atoms with van der Waals surface area (Å²) in [4.78, 5) is 11.9. The number of hydrazone groups is 1. The van der Waals surface area contributed by atoms with Gasteiger partial charge >= 0.3 is 0 Å². The van der Waals surface area contributed by atoms with Crippen molar-refractivity contribution in [2.24, 2.45) is 5.10 Å². The Morgan fingerprint density at radius 1 is 0.931 bits per heavy atom. The molecule has 0 aliphatic carbocycles. The summed E-state index contributed by atoms with van der Waals surface area (Å²) in [5.74, 6) is 0.879. The van der Waals surface area contributed by atoms with Gasteiger partial charge in [0.25, 0.3) is 5.91 Å². The van der Waals surface area contributed by atoms with Crippen molar-refractivity contribution in [3.05, 3.63) is 94.0 Å². The summed E-state index contributed by atoms with van der Waals surface area (Å²) in [6.07, 6.45) is 1.52. The van der Waals surface area contributed by atoms with Crippen LogP contribution in [-0.2, 0) is 11.4 Å². The van der Waals surface area contributed by atoms with E-state index in [1.807, 2.05) is 48.5 Å². The molecule has 7 heteroatoms. The van der Waals surface area contributed by atoms with Crippen LogP contribution < -0.4 is 14.9 Å². The van der Waals surface area contributed by atoms with Gasteiger partial charge in [-0.25, -0.2) is 5.43 Å². The highest BCUT2D eigenvalue weighted by atomic mass is 35.5. The fourth-order valence-corrected chi connectivity index (χ4v) is 2.70. The zero-order chi connectivity index (χ0) is 20.5. The molecule has 0 radical (unpaired) electrons. The van der Waals surface area contributed by atoms with Crippen molar-refractivity contribution in [2.75, 3.05) is 6.61 Å². The summed E-state index contributed by atoms with van der Waals surface area (Å²) in [5, 5.41) is 4.94. The van der Waals surface area contributed by atoms with E-state index in [1.54, 1.807) is 24.3 Å². The van der Waals surface area contributed by atoms with Crippen LogP contribution in [0.1, 0.15) is 11.1 Å². The van der Waals surface area contributed by atoms with Gasteiger partial charge in [-0.1, -0.05) is 59.6 Å². The summed E-state index contributed by atoms with van der Waals surface area (Å²) in [6.45, 7) is 0.190. The maximum atomic E-state index is 11.9. The van der Waals surface area contributed by atoms with Gasteiger partial charge in [-0.05, 0) is 42.0 Å². The molecule has 0 bridgehead atoms. The number of nitrogens with one attached hydrogen (secondary N) is 1. The maximum Gasteiger partial charge on any atom is 0.277 e. The molecule has 0 aromatic heterocycles. The highest BCUT2D eigenvalue weighted by molar-refractivity contribution is 6.42. The SMILES string of the molecule is O=C(COc1ccccc1)N/N=C\c1ccccc1OCc1ccc(Cl)c(Cl)c1. The Morgan fingerprint density at radius 3 is 2.48 bits per heavy atom. The van der Waals surface area contributed by atoms with Crippen molar-refractivity contribution in [3.63, 3.8) is 0 Å². The highest BCUT2D eigenvalue weighted by Gasteiger charge is 2.05. The van der Waals surface area contributed by atoms with Crippen LogP contribution in [0.2, 0.25) is 10.0 Å². The summed E-state index contributed by atoms with van der Waals surface area (Å²) in [5.41, 5.74) is 4.04. The third kappa shape index (κ3) is 6.52. The Morgan fingerprint density at radius 2 is 1.69 bits per heavy atom. The van der Waals surface area contributed by atoms with E-state index in [2.05, 4.69) is 10.5 Å². The molecular formula is C22H18Cl2N2O3. The van der Waals surface area contributed by atoms with E-state index in [1.165, 1.54) is 6.21 Å². The molecule has 0 aliphatic heterocycles. The lowest BCUT2D eigenvalue weighted by molar-refractivity contribution is -0.123. The number of carbonyl (C=O) groups excluding carboxylic acids is 1. The first-order valence-electron chi connectivity index (χ1n) is 8.77. The van der Waals surface area contributed by atoms with Crippen molar-refractivity contribution in [2.45, 2.75) is 6.61 Å². The highest BCUT2D eigenvalue weighted by Crippen LogP contribution is 2.24. The molecule has 3 aromatic carbocycles. The van der Waals surface area contributed by atoms with Crippen LogP contribution in [0.4, 0.5) is 0 Å². The Hall–Kier alpha value is -3.02. The second-order valence-corrected chi connectivity index (χ2v) is 6.78. The Labute approximate surface area is 178 Å². The number of hydrogen-bond acceptors (Lipinski definition) is 4. The standard InChI is InChI=1S/C22H18Cl2N2O3/c23-19-11-10-16(12-20(19)24)14-29-21-9-5-4-6-17(21)13-25-26-22(27)15-28-18-7-2-1-3-8-18/h1-13H,14-15H2,(H,26,27)/b25-13-. The van der Waals surface area contributed by atoms with Crippen molar-refractivity contribution in [3.8, 4) is 11.5 Å². The van der Waals surface area contributed by atoms with Gasteiger partial charge < -0.3 is 9.47 Å². The van der Waals surface area contributed by atoms with E-state index in [0.29, 0.717) is 28.2 Å². The summed E-state index contributed by atoms with van der Waals surface area (Å²) in [6, 6.07) is 21.8. The van der Waals surface area contributed by atoms with Crippen LogP contribution in [0.3, 0.4) is 0 Å². The number of halogens is 2. The first-order valence-corrected chi connectivity index (χ1v) is 9.53. The molecule has 5 nitrogen and oxygen atoms in total. The predicted molar refractivity (Wildman–Crippen MR) is 115 cm³/mol. The van der Waals surface area contributed by atoms with Crippen molar-refractivity contribution >= 4 is 35.3 Å². The predicted octanol–water partition coefficient (Wildman–Crippen LogP) is 5.10. The molecule has 0 atom stereocenters. The zero-order valence-electron chi connectivity index (χ0n) is 15.3. The normalized spacial score (nSPS) is 10.7. The molecule has 148 valence electrons. The number of nitrogens with zero attached hydrogens (tertiary/aromatic N) is 1. The van der Waals surface area contributed by atoms with Crippen LogP contribution in [-0.4, -0.2) is 18.7 Å². The lowest BCUT2D eigenvalue weighted by Crippen LogP contribution is -2.24. The quantitative estimate of drug-likeness (QED) is 0.400.